The summed E-state index contributed by atoms with van der Waals surface area (Å²) in [5, 5.41) is 2.88. The van der Waals surface area contributed by atoms with Crippen molar-refractivity contribution in [3.8, 4) is 16.9 Å². The summed E-state index contributed by atoms with van der Waals surface area (Å²) in [4.78, 5) is 32.6. The van der Waals surface area contributed by atoms with Gasteiger partial charge in [-0.15, -0.1) is 0 Å². The first-order valence-corrected chi connectivity index (χ1v) is 12.0. The molecule has 1 fully saturated rings. The molecule has 36 heavy (non-hydrogen) atoms. The third-order valence-electron chi connectivity index (χ3n) is 6.23. The highest BCUT2D eigenvalue weighted by Gasteiger charge is 2.29. The molecule has 0 saturated heterocycles. The van der Waals surface area contributed by atoms with Crippen molar-refractivity contribution in [3.63, 3.8) is 0 Å². The number of rotatable bonds is 8. The quantitative estimate of drug-likeness (QED) is 0.362. The van der Waals surface area contributed by atoms with Crippen LogP contribution in [0, 0.1) is 18.7 Å². The minimum atomic E-state index is -0.349. The highest BCUT2D eigenvalue weighted by atomic mass is 19.1. The number of halogens is 1. The molecule has 0 radical (unpaired) electrons. The molecule has 0 spiro atoms. The van der Waals surface area contributed by atoms with Gasteiger partial charge in [0, 0.05) is 29.6 Å². The smallest absolute Gasteiger partial charge is 0.254 e. The van der Waals surface area contributed by atoms with Gasteiger partial charge in [0.2, 0.25) is 11.9 Å². The van der Waals surface area contributed by atoms with Crippen molar-refractivity contribution >= 4 is 17.8 Å². The summed E-state index contributed by atoms with van der Waals surface area (Å²) in [5.74, 6) is -0.121. The van der Waals surface area contributed by atoms with Gasteiger partial charge in [-0.05, 0) is 62.1 Å². The molecule has 3 aromatic carbocycles. The Hall–Kier alpha value is -4.26. The van der Waals surface area contributed by atoms with Gasteiger partial charge in [-0.2, -0.15) is 0 Å². The van der Waals surface area contributed by atoms with Gasteiger partial charge in [-0.1, -0.05) is 48.0 Å². The molecule has 4 aromatic rings. The lowest BCUT2D eigenvalue weighted by molar-refractivity contribution is -0.117. The number of amides is 2. The lowest BCUT2D eigenvalue weighted by Crippen LogP contribution is -2.39. The molecule has 1 aromatic heterocycles. The Morgan fingerprint density at radius 2 is 1.69 bits per heavy atom. The van der Waals surface area contributed by atoms with Crippen LogP contribution in [0.2, 0.25) is 0 Å². The van der Waals surface area contributed by atoms with Gasteiger partial charge in [-0.3, -0.25) is 19.5 Å². The van der Waals surface area contributed by atoms with Crippen LogP contribution in [-0.4, -0.2) is 39.4 Å². The topological polar surface area (TPSA) is 67.2 Å². The van der Waals surface area contributed by atoms with Crippen molar-refractivity contribution in [1.82, 2.24) is 14.5 Å². The maximum Gasteiger partial charge on any atom is 0.254 e. The Bertz CT molecular complexity index is 1360. The van der Waals surface area contributed by atoms with Crippen LogP contribution in [0.3, 0.4) is 0 Å². The van der Waals surface area contributed by atoms with Gasteiger partial charge in [0.25, 0.3) is 5.91 Å². The summed E-state index contributed by atoms with van der Waals surface area (Å²) in [5.41, 5.74) is 3.85. The first kappa shape index (κ1) is 23.5. The molecule has 1 saturated carbocycles. The van der Waals surface area contributed by atoms with Crippen molar-refractivity contribution in [3.05, 3.63) is 102 Å². The van der Waals surface area contributed by atoms with Crippen LogP contribution < -0.4 is 5.32 Å². The minimum Gasteiger partial charge on any atom is -0.329 e. The van der Waals surface area contributed by atoms with Gasteiger partial charge >= 0.3 is 0 Å². The van der Waals surface area contributed by atoms with Crippen LogP contribution in [0.5, 0.6) is 0 Å². The molecule has 5 rings (SSSR count). The molecule has 1 N–H and O–H groups in total. The van der Waals surface area contributed by atoms with Crippen molar-refractivity contribution in [2.75, 3.05) is 18.4 Å². The largest absolute Gasteiger partial charge is 0.329 e. The number of nitrogens with one attached hydrogen (secondary N) is 1. The number of carbonyl (C=O) groups excluding carboxylic acids is 2. The van der Waals surface area contributed by atoms with E-state index in [1.165, 1.54) is 12.1 Å². The Labute approximate surface area is 209 Å². The lowest BCUT2D eigenvalue weighted by Gasteiger charge is -2.22. The Morgan fingerprint density at radius 1 is 1.00 bits per heavy atom. The predicted octanol–water partition coefficient (Wildman–Crippen LogP) is 5.48. The summed E-state index contributed by atoms with van der Waals surface area (Å²) in [6.45, 7) is 2.43. The summed E-state index contributed by atoms with van der Waals surface area (Å²) in [7, 11) is 0. The van der Waals surface area contributed by atoms with Gasteiger partial charge < -0.3 is 4.90 Å². The molecule has 2 amide bonds. The SMILES string of the molecule is Cc1ccc(C(=O)N(CC(=O)Nc2nc(-c3ccccc3)cn2-c2ccc(F)cc2)CC2CC2)cc1. The van der Waals surface area contributed by atoms with E-state index >= 15 is 0 Å². The van der Waals surface area contributed by atoms with Crippen molar-refractivity contribution in [2.45, 2.75) is 19.8 Å². The van der Waals surface area contributed by atoms with Crippen LogP contribution in [0.4, 0.5) is 10.3 Å². The third kappa shape index (κ3) is 5.51. The average molecular weight is 483 g/mol. The second-order valence-corrected chi connectivity index (χ2v) is 9.21. The zero-order chi connectivity index (χ0) is 25.1. The van der Waals surface area contributed by atoms with E-state index in [4.69, 9.17) is 0 Å². The Morgan fingerprint density at radius 3 is 2.36 bits per heavy atom. The van der Waals surface area contributed by atoms with Crippen LogP contribution in [-0.2, 0) is 4.79 Å². The van der Waals surface area contributed by atoms with Gasteiger partial charge in [0.05, 0.1) is 5.69 Å². The Kier molecular flexibility index (Phi) is 6.62. The maximum atomic E-state index is 13.5. The van der Waals surface area contributed by atoms with Gasteiger partial charge in [0.15, 0.2) is 0 Å². The van der Waals surface area contributed by atoms with E-state index in [1.807, 2.05) is 49.4 Å². The number of aryl methyl sites for hydroxylation is 1. The van der Waals surface area contributed by atoms with Crippen molar-refractivity contribution < 1.29 is 14.0 Å². The highest BCUT2D eigenvalue weighted by Crippen LogP contribution is 2.30. The monoisotopic (exact) mass is 482 g/mol. The number of carbonyl (C=O) groups is 2. The minimum absolute atomic E-state index is 0.0832. The number of hydrogen-bond acceptors (Lipinski definition) is 3. The molecule has 7 heteroatoms. The normalized spacial score (nSPS) is 12.8. The first-order valence-electron chi connectivity index (χ1n) is 12.0. The first-order chi connectivity index (χ1) is 17.5. The number of benzene rings is 3. The van der Waals surface area contributed by atoms with Gasteiger partial charge in [0.1, 0.15) is 12.4 Å². The number of aromatic nitrogens is 2. The summed E-state index contributed by atoms with van der Waals surface area (Å²) < 4.78 is 15.3. The standard InChI is InChI=1S/C29H27FN4O2/c1-20-7-11-23(12-8-20)28(36)33(17-21-9-10-21)19-27(35)32-29-31-26(22-5-3-2-4-6-22)18-34(29)25-15-13-24(30)14-16-25/h2-8,11-16,18,21H,9-10,17,19H2,1H3,(H,31,32,35). The second kappa shape index (κ2) is 10.2. The van der Waals surface area contributed by atoms with Crippen LogP contribution >= 0.6 is 0 Å². The van der Waals surface area contributed by atoms with Crippen LogP contribution in [0.15, 0.2) is 85.1 Å². The van der Waals surface area contributed by atoms with Crippen molar-refractivity contribution in [2.24, 2.45) is 5.92 Å². The maximum absolute atomic E-state index is 13.5. The van der Waals surface area contributed by atoms with E-state index in [0.717, 1.165) is 24.0 Å². The van der Waals surface area contributed by atoms with Crippen LogP contribution in [0.1, 0.15) is 28.8 Å². The summed E-state index contributed by atoms with van der Waals surface area (Å²) in [6.07, 6.45) is 3.93. The van der Waals surface area contributed by atoms with Gasteiger partial charge in [-0.25, -0.2) is 9.37 Å². The third-order valence-corrected chi connectivity index (χ3v) is 6.23. The molecule has 1 aliphatic carbocycles. The fraction of sp³-hybridized carbons (Fsp3) is 0.207. The average Bonchev–Trinajstić information content (AvgIpc) is 3.62. The van der Waals surface area contributed by atoms with E-state index in [2.05, 4.69) is 10.3 Å². The molecular formula is C29H27FN4O2. The zero-order valence-electron chi connectivity index (χ0n) is 20.0. The molecule has 6 nitrogen and oxygen atoms in total. The predicted molar refractivity (Wildman–Crippen MR) is 137 cm³/mol. The molecular weight excluding hydrogens is 455 g/mol. The van der Waals surface area contributed by atoms with E-state index < -0.39 is 0 Å². The van der Waals surface area contributed by atoms with E-state index in [9.17, 15) is 14.0 Å². The summed E-state index contributed by atoms with van der Waals surface area (Å²) >= 11 is 0. The van der Waals surface area contributed by atoms with E-state index in [1.54, 1.807) is 39.9 Å². The lowest BCUT2D eigenvalue weighted by atomic mass is 10.1. The molecule has 0 unspecified atom stereocenters. The summed E-state index contributed by atoms with van der Waals surface area (Å²) in [6, 6.07) is 23.0. The zero-order valence-corrected chi connectivity index (χ0v) is 20.0. The molecule has 0 atom stereocenters. The molecule has 1 aliphatic rings. The Balaban J connectivity index is 1.40. The highest BCUT2D eigenvalue weighted by molar-refractivity contribution is 5.99. The molecule has 1 heterocycles. The number of hydrogen-bond donors (Lipinski definition) is 1. The second-order valence-electron chi connectivity index (χ2n) is 9.21. The molecule has 182 valence electrons. The van der Waals surface area contributed by atoms with Crippen molar-refractivity contribution in [1.29, 1.82) is 0 Å². The number of nitrogens with zero attached hydrogens (tertiary/aromatic N) is 3. The van der Waals surface area contributed by atoms with E-state index in [-0.39, 0.29) is 24.2 Å². The van der Waals surface area contributed by atoms with Crippen LogP contribution in [0.25, 0.3) is 16.9 Å². The fourth-order valence-electron chi connectivity index (χ4n) is 4.06. The molecule has 0 bridgehead atoms. The molecule has 0 aliphatic heterocycles. The number of imidazole rings is 1. The number of anilines is 1. The van der Waals surface area contributed by atoms with E-state index in [0.29, 0.717) is 35.4 Å². The fourth-order valence-corrected chi connectivity index (χ4v) is 4.06.